The summed E-state index contributed by atoms with van der Waals surface area (Å²) >= 11 is 1.68. The summed E-state index contributed by atoms with van der Waals surface area (Å²) in [5.74, 6) is 1.35. The molecule has 2 aromatic heterocycles. The number of aromatic nitrogens is 3. The number of aryl methyl sites for hydroxylation is 2. The number of methoxy groups -OCH3 is 1. The zero-order chi connectivity index (χ0) is 16.2. The second-order valence-electron chi connectivity index (χ2n) is 5.00. The molecule has 0 atom stereocenters. The van der Waals surface area contributed by atoms with Crippen molar-refractivity contribution in [3.8, 4) is 16.3 Å². The van der Waals surface area contributed by atoms with Crippen LogP contribution in [0.3, 0.4) is 0 Å². The summed E-state index contributed by atoms with van der Waals surface area (Å²) in [6.45, 7) is 4.13. The molecule has 6 heteroatoms. The van der Waals surface area contributed by atoms with Gasteiger partial charge in [0.15, 0.2) is 0 Å². The minimum absolute atomic E-state index is 0.557. The molecular formula is C17H18N4OS. The second kappa shape index (κ2) is 6.75. The summed E-state index contributed by atoms with van der Waals surface area (Å²) < 4.78 is 5.23. The van der Waals surface area contributed by atoms with Gasteiger partial charge in [0.05, 0.1) is 28.4 Å². The van der Waals surface area contributed by atoms with Gasteiger partial charge in [0, 0.05) is 18.0 Å². The number of nitrogens with zero attached hydrogens (tertiary/aromatic N) is 3. The fourth-order valence-corrected chi connectivity index (χ4v) is 3.19. The monoisotopic (exact) mass is 326 g/mol. The normalized spacial score (nSPS) is 10.6. The predicted octanol–water partition coefficient (Wildman–Crippen LogP) is 4.22. The molecule has 1 aromatic carbocycles. The van der Waals surface area contributed by atoms with E-state index in [9.17, 15) is 0 Å². The molecule has 23 heavy (non-hydrogen) atoms. The lowest BCUT2D eigenvalue weighted by atomic mass is 10.3. The number of rotatable bonds is 5. The van der Waals surface area contributed by atoms with Crippen molar-refractivity contribution in [2.24, 2.45) is 0 Å². The van der Waals surface area contributed by atoms with E-state index in [-0.39, 0.29) is 0 Å². The number of ether oxygens (including phenoxy) is 1. The number of thiazole rings is 1. The average Bonchev–Trinajstić information content (AvgIpc) is 2.96. The molecule has 5 nitrogen and oxygen atoms in total. The lowest BCUT2D eigenvalue weighted by Crippen LogP contribution is -1.98. The number of nitrogens with one attached hydrogen (secondary N) is 1. The molecular weight excluding hydrogens is 308 g/mol. The highest BCUT2D eigenvalue weighted by molar-refractivity contribution is 7.15. The van der Waals surface area contributed by atoms with Crippen LogP contribution in [0.25, 0.3) is 10.6 Å². The van der Waals surface area contributed by atoms with Gasteiger partial charge in [0.1, 0.15) is 5.75 Å². The molecule has 0 saturated heterocycles. The Bertz CT molecular complexity index is 816. The van der Waals surface area contributed by atoms with Crippen LogP contribution in [0.4, 0.5) is 11.6 Å². The zero-order valence-electron chi connectivity index (χ0n) is 13.3. The van der Waals surface area contributed by atoms with Gasteiger partial charge in [-0.05, 0) is 31.5 Å². The minimum atomic E-state index is 0.557. The van der Waals surface area contributed by atoms with E-state index in [0.29, 0.717) is 5.95 Å². The molecule has 0 aliphatic carbocycles. The molecule has 0 aliphatic heterocycles. The van der Waals surface area contributed by atoms with Gasteiger partial charge < -0.3 is 10.1 Å². The van der Waals surface area contributed by atoms with Gasteiger partial charge in [-0.15, -0.1) is 11.3 Å². The Labute approximate surface area is 139 Å². The van der Waals surface area contributed by atoms with E-state index in [4.69, 9.17) is 4.74 Å². The number of hydrogen-bond donors (Lipinski definition) is 1. The van der Waals surface area contributed by atoms with Crippen LogP contribution in [0.2, 0.25) is 0 Å². The SMILES string of the molecule is CCc1nc(C)c(-c2ccnc(Nc3cccc(OC)c3)n2)s1. The number of anilines is 2. The van der Waals surface area contributed by atoms with Crippen molar-refractivity contribution in [3.63, 3.8) is 0 Å². The maximum atomic E-state index is 5.23. The Morgan fingerprint density at radius 1 is 1.22 bits per heavy atom. The molecule has 0 amide bonds. The molecule has 3 aromatic rings. The highest BCUT2D eigenvalue weighted by Crippen LogP contribution is 2.29. The summed E-state index contributed by atoms with van der Waals surface area (Å²) in [6.07, 6.45) is 2.70. The van der Waals surface area contributed by atoms with Crippen molar-refractivity contribution in [1.29, 1.82) is 0 Å². The van der Waals surface area contributed by atoms with E-state index in [0.717, 1.165) is 39.1 Å². The van der Waals surface area contributed by atoms with Crippen LogP contribution in [0.1, 0.15) is 17.6 Å². The number of hydrogen-bond acceptors (Lipinski definition) is 6. The van der Waals surface area contributed by atoms with Gasteiger partial charge in [-0.2, -0.15) is 0 Å². The van der Waals surface area contributed by atoms with Gasteiger partial charge in [0.2, 0.25) is 5.95 Å². The highest BCUT2D eigenvalue weighted by atomic mass is 32.1. The summed E-state index contributed by atoms with van der Waals surface area (Å²) in [4.78, 5) is 14.6. The van der Waals surface area contributed by atoms with Gasteiger partial charge >= 0.3 is 0 Å². The maximum Gasteiger partial charge on any atom is 0.227 e. The van der Waals surface area contributed by atoms with Crippen molar-refractivity contribution in [2.75, 3.05) is 12.4 Å². The quantitative estimate of drug-likeness (QED) is 0.760. The first kappa shape index (κ1) is 15.4. The Hall–Kier alpha value is -2.47. The molecule has 0 spiro atoms. The van der Waals surface area contributed by atoms with E-state index in [1.165, 1.54) is 0 Å². The molecule has 3 rings (SSSR count). The number of benzene rings is 1. The molecule has 0 unspecified atom stereocenters. The van der Waals surface area contributed by atoms with E-state index < -0.39 is 0 Å². The van der Waals surface area contributed by atoms with Gasteiger partial charge in [-0.25, -0.2) is 15.0 Å². The van der Waals surface area contributed by atoms with Crippen LogP contribution < -0.4 is 10.1 Å². The van der Waals surface area contributed by atoms with Crippen LogP contribution in [-0.2, 0) is 6.42 Å². The summed E-state index contributed by atoms with van der Waals surface area (Å²) in [6, 6.07) is 9.59. The van der Waals surface area contributed by atoms with Crippen molar-refractivity contribution >= 4 is 23.0 Å². The van der Waals surface area contributed by atoms with Crippen LogP contribution in [0.15, 0.2) is 36.5 Å². The van der Waals surface area contributed by atoms with Crippen molar-refractivity contribution < 1.29 is 4.74 Å². The Balaban J connectivity index is 1.88. The third-order valence-electron chi connectivity index (χ3n) is 3.36. The van der Waals surface area contributed by atoms with Gasteiger partial charge in [-0.3, -0.25) is 0 Å². The molecule has 0 saturated carbocycles. The first-order valence-electron chi connectivity index (χ1n) is 7.40. The first-order chi connectivity index (χ1) is 11.2. The molecule has 0 bridgehead atoms. The average molecular weight is 326 g/mol. The molecule has 2 heterocycles. The predicted molar refractivity (Wildman–Crippen MR) is 93.5 cm³/mol. The van der Waals surface area contributed by atoms with Crippen LogP contribution in [0.5, 0.6) is 5.75 Å². The van der Waals surface area contributed by atoms with E-state index >= 15 is 0 Å². The fourth-order valence-electron chi connectivity index (χ4n) is 2.22. The van der Waals surface area contributed by atoms with Crippen molar-refractivity contribution in [2.45, 2.75) is 20.3 Å². The van der Waals surface area contributed by atoms with E-state index in [1.807, 2.05) is 37.3 Å². The van der Waals surface area contributed by atoms with E-state index in [2.05, 4.69) is 27.2 Å². The Kier molecular flexibility index (Phi) is 4.52. The van der Waals surface area contributed by atoms with Crippen molar-refractivity contribution in [3.05, 3.63) is 47.2 Å². The fraction of sp³-hybridized carbons (Fsp3) is 0.235. The van der Waals surface area contributed by atoms with Crippen molar-refractivity contribution in [1.82, 2.24) is 15.0 Å². The maximum absolute atomic E-state index is 5.23. The molecule has 0 fully saturated rings. The summed E-state index contributed by atoms with van der Waals surface area (Å²) in [5, 5.41) is 4.33. The molecule has 0 radical (unpaired) electrons. The van der Waals surface area contributed by atoms with Crippen LogP contribution in [-0.4, -0.2) is 22.1 Å². The lowest BCUT2D eigenvalue weighted by Gasteiger charge is -2.07. The third-order valence-corrected chi connectivity index (χ3v) is 4.68. The van der Waals surface area contributed by atoms with E-state index in [1.54, 1.807) is 24.6 Å². The Morgan fingerprint density at radius 3 is 2.83 bits per heavy atom. The molecule has 1 N–H and O–H groups in total. The smallest absolute Gasteiger partial charge is 0.227 e. The first-order valence-corrected chi connectivity index (χ1v) is 8.22. The largest absolute Gasteiger partial charge is 0.497 e. The standard InChI is InChI=1S/C17H18N4OS/c1-4-15-19-11(2)16(23-15)14-8-9-18-17(21-14)20-12-6-5-7-13(10-12)22-3/h5-10H,4H2,1-3H3,(H,18,20,21). The summed E-state index contributed by atoms with van der Waals surface area (Å²) in [7, 11) is 1.65. The lowest BCUT2D eigenvalue weighted by molar-refractivity contribution is 0.415. The van der Waals surface area contributed by atoms with Crippen LogP contribution in [0, 0.1) is 6.92 Å². The third kappa shape index (κ3) is 3.48. The highest BCUT2D eigenvalue weighted by Gasteiger charge is 2.11. The van der Waals surface area contributed by atoms with Gasteiger partial charge in [-0.1, -0.05) is 13.0 Å². The Morgan fingerprint density at radius 2 is 2.09 bits per heavy atom. The summed E-state index contributed by atoms with van der Waals surface area (Å²) in [5.41, 5.74) is 2.79. The van der Waals surface area contributed by atoms with Crippen LogP contribution >= 0.6 is 11.3 Å². The van der Waals surface area contributed by atoms with Gasteiger partial charge in [0.25, 0.3) is 0 Å². The molecule has 118 valence electrons. The topological polar surface area (TPSA) is 59.9 Å². The molecule has 0 aliphatic rings. The minimum Gasteiger partial charge on any atom is -0.497 e. The zero-order valence-corrected chi connectivity index (χ0v) is 14.1. The second-order valence-corrected chi connectivity index (χ2v) is 6.08.